The smallest absolute Gasteiger partial charge is 0.295 e. The molecule has 5 heteroatoms. The first-order chi connectivity index (χ1) is 18.5. The third-order valence-electron chi connectivity index (χ3n) is 7.53. The standard InChI is InChI=1S/C33H44FNO3/c1-2-3-4-5-6-7-8-9-10-11-12-13-14-18-25-35-30(26-21-23-28(34)24-22-26)29(32(37)33(35)38)31(36)27-19-16-15-17-20-27/h15-17,19-24,30,36H,2-14,18,25H2,1H3/t30-/m1/s1. The number of hydrogen-bond donors (Lipinski definition) is 1. The van der Waals surface area contributed by atoms with Gasteiger partial charge in [-0.05, 0) is 24.1 Å². The van der Waals surface area contributed by atoms with Gasteiger partial charge >= 0.3 is 0 Å². The fourth-order valence-corrected chi connectivity index (χ4v) is 5.33. The summed E-state index contributed by atoms with van der Waals surface area (Å²) in [5.74, 6) is -1.87. The Hall–Kier alpha value is -2.95. The highest BCUT2D eigenvalue weighted by Gasteiger charge is 2.45. The number of Topliss-reactive ketones (excluding diaryl/α,β-unsaturated/α-hetero) is 1. The van der Waals surface area contributed by atoms with E-state index in [1.54, 1.807) is 41.3 Å². The van der Waals surface area contributed by atoms with Gasteiger partial charge in [-0.25, -0.2) is 4.39 Å². The summed E-state index contributed by atoms with van der Waals surface area (Å²) in [6, 6.07) is 13.9. The largest absolute Gasteiger partial charge is 0.507 e. The third kappa shape index (κ3) is 8.54. The van der Waals surface area contributed by atoms with Crippen molar-refractivity contribution >= 4 is 17.4 Å². The molecular weight excluding hydrogens is 477 g/mol. The molecule has 0 radical (unpaired) electrons. The van der Waals surface area contributed by atoms with E-state index in [4.69, 9.17) is 0 Å². The van der Waals surface area contributed by atoms with Crippen LogP contribution < -0.4 is 0 Å². The predicted molar refractivity (Wildman–Crippen MR) is 152 cm³/mol. The molecule has 0 spiro atoms. The second-order valence-corrected chi connectivity index (χ2v) is 10.5. The van der Waals surface area contributed by atoms with Crippen molar-refractivity contribution in [3.8, 4) is 0 Å². The summed E-state index contributed by atoms with van der Waals surface area (Å²) in [6.07, 6.45) is 17.4. The summed E-state index contributed by atoms with van der Waals surface area (Å²) in [6.45, 7) is 2.68. The van der Waals surface area contributed by atoms with Gasteiger partial charge in [0.25, 0.3) is 11.7 Å². The minimum Gasteiger partial charge on any atom is -0.507 e. The quantitative estimate of drug-likeness (QED) is 0.0980. The van der Waals surface area contributed by atoms with Crippen molar-refractivity contribution in [2.45, 2.75) is 103 Å². The number of aliphatic hydroxyl groups excluding tert-OH is 1. The molecule has 1 N–H and O–H groups in total. The topological polar surface area (TPSA) is 57.6 Å². The molecule has 206 valence electrons. The second-order valence-electron chi connectivity index (χ2n) is 10.5. The lowest BCUT2D eigenvalue weighted by molar-refractivity contribution is -0.139. The zero-order chi connectivity index (χ0) is 27.2. The van der Waals surface area contributed by atoms with Crippen LogP contribution in [-0.4, -0.2) is 28.2 Å². The van der Waals surface area contributed by atoms with Gasteiger partial charge in [0, 0.05) is 12.1 Å². The van der Waals surface area contributed by atoms with Crippen molar-refractivity contribution in [3.05, 3.63) is 77.1 Å². The molecule has 1 aliphatic heterocycles. The lowest BCUT2D eigenvalue weighted by Crippen LogP contribution is -2.30. The molecule has 0 aliphatic carbocycles. The van der Waals surface area contributed by atoms with Crippen molar-refractivity contribution in [2.75, 3.05) is 6.54 Å². The molecule has 3 rings (SSSR count). The highest BCUT2D eigenvalue weighted by Crippen LogP contribution is 2.39. The molecular formula is C33H44FNO3. The first-order valence-corrected chi connectivity index (χ1v) is 14.6. The normalized spacial score (nSPS) is 16.9. The number of likely N-dealkylation sites (tertiary alicyclic amines) is 1. The van der Waals surface area contributed by atoms with Gasteiger partial charge in [0.15, 0.2) is 0 Å². The monoisotopic (exact) mass is 521 g/mol. The summed E-state index contributed by atoms with van der Waals surface area (Å²) in [5, 5.41) is 11.0. The van der Waals surface area contributed by atoms with Crippen molar-refractivity contribution < 1.29 is 19.1 Å². The van der Waals surface area contributed by atoms with Gasteiger partial charge in [-0.1, -0.05) is 133 Å². The minimum absolute atomic E-state index is 0.0678. The number of carbonyl (C=O) groups excluding carboxylic acids is 2. The van der Waals surface area contributed by atoms with Gasteiger partial charge < -0.3 is 10.0 Å². The molecule has 1 atom stereocenters. The van der Waals surface area contributed by atoms with Crippen molar-refractivity contribution in [1.29, 1.82) is 0 Å². The summed E-state index contributed by atoms with van der Waals surface area (Å²) in [4.78, 5) is 27.6. The van der Waals surface area contributed by atoms with Crippen molar-refractivity contribution in [3.63, 3.8) is 0 Å². The Morgan fingerprint density at radius 1 is 0.737 bits per heavy atom. The van der Waals surface area contributed by atoms with Crippen LogP contribution in [0, 0.1) is 5.82 Å². The molecule has 2 aromatic rings. The van der Waals surface area contributed by atoms with Crippen LogP contribution in [0.2, 0.25) is 0 Å². The third-order valence-corrected chi connectivity index (χ3v) is 7.53. The minimum atomic E-state index is -0.724. The molecule has 1 saturated heterocycles. The maximum absolute atomic E-state index is 13.6. The zero-order valence-corrected chi connectivity index (χ0v) is 23.0. The van der Waals surface area contributed by atoms with Crippen LogP contribution in [0.3, 0.4) is 0 Å². The van der Waals surface area contributed by atoms with Crippen molar-refractivity contribution in [1.82, 2.24) is 4.90 Å². The average molecular weight is 522 g/mol. The molecule has 2 aromatic carbocycles. The fraction of sp³-hybridized carbons (Fsp3) is 0.515. The summed E-state index contributed by atoms with van der Waals surface area (Å²) >= 11 is 0. The SMILES string of the molecule is CCCCCCCCCCCCCCCCN1C(=O)C(=O)C(=C(O)c2ccccc2)[C@H]1c1ccc(F)cc1. The van der Waals surface area contributed by atoms with E-state index in [9.17, 15) is 19.1 Å². The molecule has 0 bridgehead atoms. The Balaban J connectivity index is 1.50. The molecule has 38 heavy (non-hydrogen) atoms. The van der Waals surface area contributed by atoms with Gasteiger partial charge in [0.05, 0.1) is 11.6 Å². The Labute approximate surface area is 227 Å². The Morgan fingerprint density at radius 2 is 1.24 bits per heavy atom. The predicted octanol–water partition coefficient (Wildman–Crippen LogP) is 8.73. The van der Waals surface area contributed by atoms with Crippen LogP contribution in [0.1, 0.15) is 114 Å². The van der Waals surface area contributed by atoms with Crippen LogP contribution in [0.4, 0.5) is 4.39 Å². The Kier molecular flexibility index (Phi) is 12.5. The van der Waals surface area contributed by atoms with E-state index in [2.05, 4.69) is 6.92 Å². The highest BCUT2D eigenvalue weighted by atomic mass is 19.1. The van der Waals surface area contributed by atoms with Crippen LogP contribution in [0.25, 0.3) is 5.76 Å². The van der Waals surface area contributed by atoms with Crippen LogP contribution in [0.15, 0.2) is 60.2 Å². The molecule has 1 amide bonds. The van der Waals surface area contributed by atoms with E-state index in [0.717, 1.165) is 19.3 Å². The van der Waals surface area contributed by atoms with E-state index in [1.165, 1.54) is 82.8 Å². The molecule has 1 fully saturated rings. The molecule has 0 aromatic heterocycles. The molecule has 1 aliphatic rings. The van der Waals surface area contributed by atoms with E-state index in [-0.39, 0.29) is 17.1 Å². The first kappa shape index (κ1) is 29.6. The van der Waals surface area contributed by atoms with E-state index < -0.39 is 17.7 Å². The van der Waals surface area contributed by atoms with Gasteiger partial charge in [0.1, 0.15) is 11.6 Å². The van der Waals surface area contributed by atoms with Gasteiger partial charge in [-0.3, -0.25) is 9.59 Å². The van der Waals surface area contributed by atoms with E-state index in [1.807, 2.05) is 6.07 Å². The maximum atomic E-state index is 13.6. The number of aliphatic hydroxyl groups is 1. The Morgan fingerprint density at radius 3 is 1.76 bits per heavy atom. The van der Waals surface area contributed by atoms with Crippen LogP contribution >= 0.6 is 0 Å². The Bertz CT molecular complexity index is 1030. The number of carbonyl (C=O) groups is 2. The highest BCUT2D eigenvalue weighted by molar-refractivity contribution is 6.46. The molecule has 0 unspecified atom stereocenters. The second kappa shape index (κ2) is 16.1. The number of halogens is 1. The lowest BCUT2D eigenvalue weighted by atomic mass is 9.95. The number of unbranched alkanes of at least 4 members (excludes halogenated alkanes) is 13. The fourth-order valence-electron chi connectivity index (χ4n) is 5.33. The van der Waals surface area contributed by atoms with Gasteiger partial charge in [0.2, 0.25) is 0 Å². The molecule has 4 nitrogen and oxygen atoms in total. The van der Waals surface area contributed by atoms with Gasteiger partial charge in [-0.2, -0.15) is 0 Å². The number of hydrogen-bond acceptors (Lipinski definition) is 3. The number of amides is 1. The van der Waals surface area contributed by atoms with E-state index >= 15 is 0 Å². The number of ketones is 1. The number of benzene rings is 2. The average Bonchev–Trinajstić information content (AvgIpc) is 3.18. The zero-order valence-electron chi connectivity index (χ0n) is 23.0. The summed E-state index contributed by atoms with van der Waals surface area (Å²) < 4.78 is 13.6. The summed E-state index contributed by atoms with van der Waals surface area (Å²) in [7, 11) is 0. The van der Waals surface area contributed by atoms with Gasteiger partial charge in [-0.15, -0.1) is 0 Å². The summed E-state index contributed by atoms with van der Waals surface area (Å²) in [5.41, 5.74) is 1.17. The number of rotatable bonds is 17. The van der Waals surface area contributed by atoms with Crippen molar-refractivity contribution in [2.24, 2.45) is 0 Å². The van der Waals surface area contributed by atoms with Crippen LogP contribution in [0.5, 0.6) is 0 Å². The maximum Gasteiger partial charge on any atom is 0.295 e. The first-order valence-electron chi connectivity index (χ1n) is 14.6. The molecule has 0 saturated carbocycles. The van der Waals surface area contributed by atoms with E-state index in [0.29, 0.717) is 17.7 Å². The lowest BCUT2D eigenvalue weighted by Gasteiger charge is -2.25. The van der Waals surface area contributed by atoms with Crippen LogP contribution in [-0.2, 0) is 9.59 Å². The molecule has 1 heterocycles. The number of nitrogens with zero attached hydrogens (tertiary/aromatic N) is 1.